The molecule has 0 atom stereocenters. The molecule has 2 aromatic rings. The third-order valence-electron chi connectivity index (χ3n) is 4.97. The van der Waals surface area contributed by atoms with Gasteiger partial charge in [-0.25, -0.2) is 14.4 Å². The van der Waals surface area contributed by atoms with Gasteiger partial charge in [-0.3, -0.25) is 0 Å². The van der Waals surface area contributed by atoms with E-state index in [1.807, 2.05) is 0 Å². The second-order valence-corrected chi connectivity index (χ2v) is 8.47. The first-order valence-electron chi connectivity index (χ1n) is 10.1. The Morgan fingerprint density at radius 1 is 1.03 bits per heavy atom. The fourth-order valence-corrected chi connectivity index (χ4v) is 5.07. The van der Waals surface area contributed by atoms with E-state index in [1.165, 1.54) is 43.8 Å². The summed E-state index contributed by atoms with van der Waals surface area (Å²) in [5.41, 5.74) is 2.22. The SMILES string of the molecule is CCOC(=O)c1c(NC(=S)Nc2cc(C(=O)OC)ccc2C(=O)OC)sc2c1CCCC2. The van der Waals surface area contributed by atoms with E-state index in [9.17, 15) is 14.4 Å². The number of methoxy groups -OCH3 is 2. The van der Waals surface area contributed by atoms with Crippen molar-refractivity contribution in [3.05, 3.63) is 45.3 Å². The van der Waals surface area contributed by atoms with Crippen molar-refractivity contribution < 1.29 is 28.6 Å². The third kappa shape index (κ3) is 5.08. The highest BCUT2D eigenvalue weighted by Crippen LogP contribution is 2.38. The number of aryl methyl sites for hydroxylation is 1. The first-order chi connectivity index (χ1) is 15.4. The van der Waals surface area contributed by atoms with Gasteiger partial charge in [-0.05, 0) is 68.6 Å². The Balaban J connectivity index is 1.90. The van der Waals surface area contributed by atoms with Crippen LogP contribution in [0, 0.1) is 0 Å². The number of anilines is 2. The molecule has 32 heavy (non-hydrogen) atoms. The number of hydrogen-bond acceptors (Lipinski definition) is 8. The number of thiocarbonyl (C=S) groups is 1. The number of rotatable bonds is 6. The van der Waals surface area contributed by atoms with Gasteiger partial charge in [0.15, 0.2) is 5.11 Å². The van der Waals surface area contributed by atoms with Crippen LogP contribution in [0.1, 0.15) is 61.3 Å². The summed E-state index contributed by atoms with van der Waals surface area (Å²) in [6.45, 7) is 2.03. The Hall–Kier alpha value is -2.98. The highest BCUT2D eigenvalue weighted by atomic mass is 32.1. The van der Waals surface area contributed by atoms with E-state index in [2.05, 4.69) is 10.6 Å². The molecule has 0 saturated heterocycles. The van der Waals surface area contributed by atoms with Gasteiger partial charge in [0, 0.05) is 4.88 Å². The molecule has 0 amide bonds. The normalized spacial score (nSPS) is 12.3. The van der Waals surface area contributed by atoms with Gasteiger partial charge in [0.25, 0.3) is 0 Å². The quantitative estimate of drug-likeness (QED) is 0.361. The predicted molar refractivity (Wildman–Crippen MR) is 126 cm³/mol. The van der Waals surface area contributed by atoms with Crippen molar-refractivity contribution in [3.8, 4) is 0 Å². The van der Waals surface area contributed by atoms with E-state index >= 15 is 0 Å². The number of fused-ring (bicyclic) bond motifs is 1. The van der Waals surface area contributed by atoms with Gasteiger partial charge in [0.2, 0.25) is 0 Å². The molecule has 2 N–H and O–H groups in total. The molecule has 1 aliphatic rings. The van der Waals surface area contributed by atoms with Crippen molar-refractivity contribution >= 4 is 57.3 Å². The van der Waals surface area contributed by atoms with Gasteiger partial charge >= 0.3 is 17.9 Å². The Labute approximate surface area is 195 Å². The lowest BCUT2D eigenvalue weighted by Crippen LogP contribution is -2.22. The molecule has 0 bridgehead atoms. The van der Waals surface area contributed by atoms with Crippen molar-refractivity contribution in [3.63, 3.8) is 0 Å². The Morgan fingerprint density at radius 2 is 1.75 bits per heavy atom. The molecule has 3 rings (SSSR count). The fourth-order valence-electron chi connectivity index (χ4n) is 3.51. The first-order valence-corrected chi connectivity index (χ1v) is 11.3. The number of thiophene rings is 1. The zero-order valence-corrected chi connectivity index (χ0v) is 19.7. The summed E-state index contributed by atoms with van der Waals surface area (Å²) in [7, 11) is 2.53. The van der Waals surface area contributed by atoms with Crippen molar-refractivity contribution in [2.75, 3.05) is 31.5 Å². The standard InChI is InChI=1S/C22H24N2O6S2/c1-4-30-21(27)17-14-7-5-6-8-16(14)32-18(17)24-22(31)23-15-11-12(19(25)28-2)9-10-13(15)20(26)29-3/h9-11H,4-8H2,1-3H3,(H2,23,24,31). The van der Waals surface area contributed by atoms with Crippen LogP contribution in [-0.2, 0) is 27.1 Å². The number of benzene rings is 1. The molecular weight excluding hydrogens is 452 g/mol. The summed E-state index contributed by atoms with van der Waals surface area (Å²) in [6, 6.07) is 4.38. The van der Waals surface area contributed by atoms with Crippen LogP contribution in [0.5, 0.6) is 0 Å². The first kappa shape index (κ1) is 23.7. The van der Waals surface area contributed by atoms with Crippen LogP contribution in [-0.4, -0.2) is 43.8 Å². The molecule has 1 aromatic carbocycles. The van der Waals surface area contributed by atoms with Crippen LogP contribution in [0.2, 0.25) is 0 Å². The molecule has 170 valence electrons. The lowest BCUT2D eigenvalue weighted by Gasteiger charge is -2.15. The van der Waals surface area contributed by atoms with Crippen LogP contribution in [0.3, 0.4) is 0 Å². The molecule has 10 heteroatoms. The lowest BCUT2D eigenvalue weighted by atomic mass is 9.95. The van der Waals surface area contributed by atoms with Crippen LogP contribution in [0.15, 0.2) is 18.2 Å². The van der Waals surface area contributed by atoms with Crippen LogP contribution >= 0.6 is 23.6 Å². The summed E-state index contributed by atoms with van der Waals surface area (Å²) in [4.78, 5) is 37.9. The molecule has 1 aromatic heterocycles. The van der Waals surface area contributed by atoms with Crippen LogP contribution in [0.25, 0.3) is 0 Å². The highest BCUT2D eigenvalue weighted by molar-refractivity contribution is 7.80. The predicted octanol–water partition coefficient (Wildman–Crippen LogP) is 4.19. The topological polar surface area (TPSA) is 103 Å². The monoisotopic (exact) mass is 476 g/mol. The lowest BCUT2D eigenvalue weighted by molar-refractivity contribution is 0.0524. The van der Waals surface area contributed by atoms with Crippen LogP contribution in [0.4, 0.5) is 10.7 Å². The highest BCUT2D eigenvalue weighted by Gasteiger charge is 2.27. The molecule has 0 unspecified atom stereocenters. The smallest absolute Gasteiger partial charge is 0.341 e. The molecule has 0 fully saturated rings. The number of nitrogens with one attached hydrogen (secondary N) is 2. The van der Waals surface area contributed by atoms with Crippen molar-refractivity contribution in [1.29, 1.82) is 0 Å². The number of ether oxygens (including phenoxy) is 3. The maximum atomic E-state index is 12.6. The minimum atomic E-state index is -0.592. The third-order valence-corrected chi connectivity index (χ3v) is 6.38. The summed E-state index contributed by atoms with van der Waals surface area (Å²) in [5.74, 6) is -1.54. The van der Waals surface area contributed by atoms with E-state index in [-0.39, 0.29) is 34.5 Å². The molecular formula is C22H24N2O6S2. The number of carbonyl (C=O) groups is 3. The van der Waals surface area contributed by atoms with E-state index in [4.69, 9.17) is 26.4 Å². The largest absolute Gasteiger partial charge is 0.465 e. The maximum Gasteiger partial charge on any atom is 0.341 e. The van der Waals surface area contributed by atoms with Gasteiger partial charge in [-0.15, -0.1) is 11.3 Å². The average Bonchev–Trinajstić information content (AvgIpc) is 3.15. The second-order valence-electron chi connectivity index (χ2n) is 6.96. The Morgan fingerprint density at radius 3 is 2.44 bits per heavy atom. The van der Waals surface area contributed by atoms with Gasteiger partial charge < -0.3 is 24.8 Å². The Kier molecular flexibility index (Phi) is 7.81. The van der Waals surface area contributed by atoms with E-state index in [0.29, 0.717) is 10.6 Å². The zero-order chi connectivity index (χ0) is 23.3. The summed E-state index contributed by atoms with van der Waals surface area (Å²) in [6.07, 6.45) is 3.80. The molecule has 1 heterocycles. The minimum absolute atomic E-state index is 0.154. The summed E-state index contributed by atoms with van der Waals surface area (Å²) in [5, 5.41) is 6.76. The van der Waals surface area contributed by atoms with E-state index in [0.717, 1.165) is 36.1 Å². The molecule has 0 radical (unpaired) electrons. The number of esters is 3. The zero-order valence-electron chi connectivity index (χ0n) is 18.0. The maximum absolute atomic E-state index is 12.6. The average molecular weight is 477 g/mol. The fraction of sp³-hybridized carbons (Fsp3) is 0.364. The Bertz CT molecular complexity index is 1060. The second kappa shape index (κ2) is 10.6. The molecule has 8 nitrogen and oxygen atoms in total. The molecule has 0 spiro atoms. The number of hydrogen-bond donors (Lipinski definition) is 2. The number of carbonyl (C=O) groups excluding carboxylic acids is 3. The molecule has 0 aliphatic heterocycles. The van der Waals surface area contributed by atoms with Crippen molar-refractivity contribution in [1.82, 2.24) is 0 Å². The van der Waals surface area contributed by atoms with Gasteiger partial charge in [-0.2, -0.15) is 0 Å². The van der Waals surface area contributed by atoms with Gasteiger partial charge in [0.05, 0.1) is 43.2 Å². The summed E-state index contributed by atoms with van der Waals surface area (Å²) >= 11 is 6.93. The van der Waals surface area contributed by atoms with Crippen molar-refractivity contribution in [2.45, 2.75) is 32.6 Å². The minimum Gasteiger partial charge on any atom is -0.465 e. The van der Waals surface area contributed by atoms with E-state index < -0.39 is 11.9 Å². The van der Waals surface area contributed by atoms with Gasteiger partial charge in [0.1, 0.15) is 5.00 Å². The molecule has 0 saturated carbocycles. The van der Waals surface area contributed by atoms with Crippen LogP contribution < -0.4 is 10.6 Å². The van der Waals surface area contributed by atoms with Crippen molar-refractivity contribution in [2.24, 2.45) is 0 Å². The van der Waals surface area contributed by atoms with E-state index in [1.54, 1.807) is 6.92 Å². The van der Waals surface area contributed by atoms with Gasteiger partial charge in [-0.1, -0.05) is 0 Å². The summed E-state index contributed by atoms with van der Waals surface area (Å²) < 4.78 is 14.8. The molecule has 1 aliphatic carbocycles.